The van der Waals surface area contributed by atoms with E-state index >= 15 is 0 Å². The highest BCUT2D eigenvalue weighted by Gasteiger charge is 2.10. The smallest absolute Gasteiger partial charge is 0.149 e. The largest absolute Gasteiger partial charge is 0.494 e. The van der Waals surface area contributed by atoms with Gasteiger partial charge in [-0.05, 0) is 31.0 Å². The van der Waals surface area contributed by atoms with E-state index in [2.05, 4.69) is 41.5 Å². The molecule has 2 aromatic rings. The van der Waals surface area contributed by atoms with Gasteiger partial charge in [0.2, 0.25) is 0 Å². The number of aryl methyl sites for hydroxylation is 1. The van der Waals surface area contributed by atoms with Gasteiger partial charge in [0.1, 0.15) is 17.9 Å². The fourth-order valence-electron chi connectivity index (χ4n) is 1.97. The van der Waals surface area contributed by atoms with Crippen molar-refractivity contribution in [2.45, 2.75) is 32.9 Å². The second-order valence-electron chi connectivity index (χ2n) is 4.90. The fraction of sp³-hybridized carbons (Fsp3) is 0.467. The number of aromatic nitrogens is 3. The zero-order chi connectivity index (χ0) is 14.4. The van der Waals surface area contributed by atoms with Crippen LogP contribution in [0.4, 0.5) is 0 Å². The number of benzene rings is 1. The standard InChI is InChI=1S/C15H22N4O/c1-4-9-20-14-7-5-13(6-8-14)10-16-12(2)15-18-17-11-19(15)3/h5-8,11-12,16H,4,9-10H2,1-3H3. The van der Waals surface area contributed by atoms with Crippen LogP contribution in [0.5, 0.6) is 5.75 Å². The number of nitrogens with one attached hydrogen (secondary N) is 1. The molecule has 0 aliphatic rings. The lowest BCUT2D eigenvalue weighted by Crippen LogP contribution is -2.21. The maximum Gasteiger partial charge on any atom is 0.149 e. The van der Waals surface area contributed by atoms with Crippen molar-refractivity contribution in [3.63, 3.8) is 0 Å². The molecule has 1 aromatic carbocycles. The molecule has 1 atom stereocenters. The molecule has 0 saturated heterocycles. The molecule has 1 heterocycles. The van der Waals surface area contributed by atoms with Crippen molar-refractivity contribution in [3.05, 3.63) is 42.0 Å². The van der Waals surface area contributed by atoms with Crippen molar-refractivity contribution in [3.8, 4) is 5.75 Å². The molecule has 0 spiro atoms. The SMILES string of the molecule is CCCOc1ccc(CNC(C)c2nncn2C)cc1. The van der Waals surface area contributed by atoms with Crippen molar-refractivity contribution in [2.24, 2.45) is 7.05 Å². The molecule has 5 heteroatoms. The van der Waals surface area contributed by atoms with Gasteiger partial charge in [-0.2, -0.15) is 0 Å². The Morgan fingerprint density at radius 2 is 2.05 bits per heavy atom. The summed E-state index contributed by atoms with van der Waals surface area (Å²) in [5.74, 6) is 1.87. The third kappa shape index (κ3) is 3.81. The first-order chi connectivity index (χ1) is 9.70. The van der Waals surface area contributed by atoms with E-state index in [1.165, 1.54) is 5.56 Å². The Kier molecular flexibility index (Phi) is 5.12. The average molecular weight is 274 g/mol. The molecule has 1 aromatic heterocycles. The van der Waals surface area contributed by atoms with Crippen LogP contribution in [0, 0.1) is 0 Å². The summed E-state index contributed by atoms with van der Waals surface area (Å²) in [6.07, 6.45) is 2.74. The quantitative estimate of drug-likeness (QED) is 0.842. The Labute approximate surface area is 120 Å². The summed E-state index contributed by atoms with van der Waals surface area (Å²) in [7, 11) is 1.95. The fourth-order valence-corrected chi connectivity index (χ4v) is 1.97. The van der Waals surface area contributed by atoms with E-state index in [-0.39, 0.29) is 6.04 Å². The van der Waals surface area contributed by atoms with Crippen molar-refractivity contribution in [1.29, 1.82) is 0 Å². The maximum absolute atomic E-state index is 5.57. The summed E-state index contributed by atoms with van der Waals surface area (Å²) in [5.41, 5.74) is 1.22. The second-order valence-corrected chi connectivity index (χ2v) is 4.90. The highest BCUT2D eigenvalue weighted by atomic mass is 16.5. The molecule has 0 amide bonds. The van der Waals surface area contributed by atoms with Gasteiger partial charge in [-0.15, -0.1) is 10.2 Å². The van der Waals surface area contributed by atoms with Crippen LogP contribution in [0.15, 0.2) is 30.6 Å². The first-order valence-electron chi connectivity index (χ1n) is 6.99. The highest BCUT2D eigenvalue weighted by molar-refractivity contribution is 5.27. The van der Waals surface area contributed by atoms with Crippen molar-refractivity contribution in [1.82, 2.24) is 20.1 Å². The van der Waals surface area contributed by atoms with Crippen LogP contribution in [0.2, 0.25) is 0 Å². The highest BCUT2D eigenvalue weighted by Crippen LogP contribution is 2.14. The Hall–Kier alpha value is -1.88. The monoisotopic (exact) mass is 274 g/mol. The molecule has 0 aliphatic heterocycles. The summed E-state index contributed by atoms with van der Waals surface area (Å²) in [6.45, 7) is 5.75. The third-order valence-electron chi connectivity index (χ3n) is 3.14. The number of hydrogen-bond acceptors (Lipinski definition) is 4. The molecular weight excluding hydrogens is 252 g/mol. The lowest BCUT2D eigenvalue weighted by molar-refractivity contribution is 0.317. The van der Waals surface area contributed by atoms with Gasteiger partial charge in [-0.25, -0.2) is 0 Å². The molecule has 108 valence electrons. The summed E-state index contributed by atoms with van der Waals surface area (Å²) in [4.78, 5) is 0. The van der Waals surface area contributed by atoms with Gasteiger partial charge in [0, 0.05) is 13.6 Å². The minimum Gasteiger partial charge on any atom is -0.494 e. The van der Waals surface area contributed by atoms with Crippen molar-refractivity contribution < 1.29 is 4.74 Å². The summed E-state index contributed by atoms with van der Waals surface area (Å²) in [5, 5.41) is 11.4. The first-order valence-corrected chi connectivity index (χ1v) is 6.99. The molecule has 1 unspecified atom stereocenters. The summed E-state index contributed by atoms with van der Waals surface area (Å²) in [6, 6.07) is 8.36. The van der Waals surface area contributed by atoms with E-state index in [1.54, 1.807) is 6.33 Å². The molecule has 0 radical (unpaired) electrons. The average Bonchev–Trinajstić information content (AvgIpc) is 2.90. The minimum atomic E-state index is 0.165. The predicted octanol–water partition coefficient (Wildman–Crippen LogP) is 2.45. The number of hydrogen-bond donors (Lipinski definition) is 1. The Morgan fingerprint density at radius 3 is 2.65 bits per heavy atom. The van der Waals surface area contributed by atoms with E-state index in [4.69, 9.17) is 4.74 Å². The Bertz CT molecular complexity index is 521. The molecule has 0 saturated carbocycles. The van der Waals surface area contributed by atoms with Gasteiger partial charge in [0.25, 0.3) is 0 Å². The lowest BCUT2D eigenvalue weighted by Gasteiger charge is -2.13. The van der Waals surface area contributed by atoms with Gasteiger partial charge in [-0.3, -0.25) is 0 Å². The lowest BCUT2D eigenvalue weighted by atomic mass is 10.2. The molecule has 0 aliphatic carbocycles. The summed E-state index contributed by atoms with van der Waals surface area (Å²) < 4.78 is 7.50. The van der Waals surface area contributed by atoms with Crippen LogP contribution in [0.1, 0.15) is 37.7 Å². The van der Waals surface area contributed by atoms with Crippen LogP contribution in [0.25, 0.3) is 0 Å². The second kappa shape index (κ2) is 7.05. The molecule has 1 N–H and O–H groups in total. The van der Waals surface area contributed by atoms with Crippen LogP contribution in [-0.2, 0) is 13.6 Å². The summed E-state index contributed by atoms with van der Waals surface area (Å²) >= 11 is 0. The van der Waals surface area contributed by atoms with Crippen molar-refractivity contribution >= 4 is 0 Å². The van der Waals surface area contributed by atoms with Crippen LogP contribution in [0.3, 0.4) is 0 Å². The zero-order valence-electron chi connectivity index (χ0n) is 12.3. The number of rotatable bonds is 7. The molecule has 2 rings (SSSR count). The normalized spacial score (nSPS) is 12.3. The van der Waals surface area contributed by atoms with Gasteiger partial charge < -0.3 is 14.6 Å². The van der Waals surface area contributed by atoms with Gasteiger partial charge in [0.05, 0.1) is 12.6 Å². The van der Waals surface area contributed by atoms with E-state index in [0.717, 1.165) is 31.1 Å². The molecule has 0 bridgehead atoms. The Morgan fingerprint density at radius 1 is 1.30 bits per heavy atom. The van der Waals surface area contributed by atoms with E-state index in [0.29, 0.717) is 0 Å². The molecule has 5 nitrogen and oxygen atoms in total. The van der Waals surface area contributed by atoms with Crippen LogP contribution >= 0.6 is 0 Å². The van der Waals surface area contributed by atoms with Crippen molar-refractivity contribution in [2.75, 3.05) is 6.61 Å². The predicted molar refractivity (Wildman–Crippen MR) is 78.5 cm³/mol. The third-order valence-corrected chi connectivity index (χ3v) is 3.14. The van der Waals surface area contributed by atoms with Gasteiger partial charge >= 0.3 is 0 Å². The molecule has 20 heavy (non-hydrogen) atoms. The topological polar surface area (TPSA) is 52.0 Å². The zero-order valence-corrected chi connectivity index (χ0v) is 12.3. The van der Waals surface area contributed by atoms with Crippen LogP contribution in [-0.4, -0.2) is 21.4 Å². The number of ether oxygens (including phenoxy) is 1. The van der Waals surface area contributed by atoms with Gasteiger partial charge in [-0.1, -0.05) is 19.1 Å². The van der Waals surface area contributed by atoms with E-state index in [9.17, 15) is 0 Å². The first kappa shape index (κ1) is 14.5. The van der Waals surface area contributed by atoms with Gasteiger partial charge in [0.15, 0.2) is 0 Å². The van der Waals surface area contributed by atoms with E-state index in [1.807, 2.05) is 23.7 Å². The molecule has 0 fully saturated rings. The maximum atomic E-state index is 5.57. The molecular formula is C15H22N4O. The minimum absolute atomic E-state index is 0.165. The Balaban J connectivity index is 1.86. The van der Waals surface area contributed by atoms with Crippen LogP contribution < -0.4 is 10.1 Å². The number of nitrogens with zero attached hydrogens (tertiary/aromatic N) is 3. The van der Waals surface area contributed by atoms with E-state index < -0.39 is 0 Å².